The summed E-state index contributed by atoms with van der Waals surface area (Å²) in [7, 11) is 0. The number of aromatic nitrogens is 3. The van der Waals surface area contributed by atoms with Crippen molar-refractivity contribution in [3.63, 3.8) is 0 Å². The minimum Gasteiger partial charge on any atom is -0.444 e. The molecule has 0 saturated carbocycles. The molecule has 1 aliphatic carbocycles. The van der Waals surface area contributed by atoms with E-state index in [2.05, 4.69) is 45.4 Å². The molecule has 1 aromatic heterocycles. The summed E-state index contributed by atoms with van der Waals surface area (Å²) in [5.41, 5.74) is 4.20. The van der Waals surface area contributed by atoms with Crippen LogP contribution in [0, 0.1) is 0 Å². The molecule has 0 N–H and O–H groups in total. The van der Waals surface area contributed by atoms with Crippen molar-refractivity contribution in [1.29, 1.82) is 0 Å². The number of amides is 1. The number of hydrogen-bond acceptors (Lipinski definition) is 6. The molecule has 152 valence electrons. The lowest BCUT2D eigenvalue weighted by atomic mass is 9.91. The number of piperazine rings is 1. The van der Waals surface area contributed by atoms with Crippen molar-refractivity contribution < 1.29 is 9.53 Å². The highest BCUT2D eigenvalue weighted by atomic mass is 16.6. The largest absolute Gasteiger partial charge is 0.444 e. The van der Waals surface area contributed by atoms with Gasteiger partial charge in [-0.05, 0) is 56.4 Å². The van der Waals surface area contributed by atoms with Crippen molar-refractivity contribution in [1.82, 2.24) is 20.1 Å². The van der Waals surface area contributed by atoms with Gasteiger partial charge in [-0.2, -0.15) is 5.10 Å². The van der Waals surface area contributed by atoms with Crippen molar-refractivity contribution in [2.75, 3.05) is 31.1 Å². The zero-order valence-corrected chi connectivity index (χ0v) is 17.3. The maximum Gasteiger partial charge on any atom is 0.410 e. The molecule has 2 aliphatic rings. The highest BCUT2D eigenvalue weighted by Gasteiger charge is 2.27. The summed E-state index contributed by atoms with van der Waals surface area (Å²) in [5, 5.41) is 8.43. The van der Waals surface area contributed by atoms with E-state index in [1.54, 1.807) is 11.1 Å². The van der Waals surface area contributed by atoms with Crippen LogP contribution in [0.2, 0.25) is 0 Å². The molecule has 1 aliphatic heterocycles. The van der Waals surface area contributed by atoms with E-state index in [1.165, 1.54) is 16.7 Å². The molecule has 7 heteroatoms. The quantitative estimate of drug-likeness (QED) is 0.779. The molecule has 1 amide bonds. The fourth-order valence-electron chi connectivity index (χ4n) is 3.63. The van der Waals surface area contributed by atoms with Crippen LogP contribution in [0.1, 0.15) is 44.0 Å². The first-order valence-corrected chi connectivity index (χ1v) is 10.1. The predicted octanol–water partition coefficient (Wildman–Crippen LogP) is 3.42. The van der Waals surface area contributed by atoms with E-state index in [4.69, 9.17) is 9.72 Å². The number of anilines is 1. The average molecular weight is 393 g/mol. The predicted molar refractivity (Wildman–Crippen MR) is 112 cm³/mol. The van der Waals surface area contributed by atoms with Gasteiger partial charge in [0.2, 0.25) is 5.95 Å². The van der Waals surface area contributed by atoms with E-state index in [1.807, 2.05) is 20.8 Å². The van der Waals surface area contributed by atoms with Crippen LogP contribution in [0.5, 0.6) is 0 Å². The Labute approximate surface area is 171 Å². The molecule has 0 bridgehead atoms. The Morgan fingerprint density at radius 3 is 2.59 bits per heavy atom. The van der Waals surface area contributed by atoms with Gasteiger partial charge in [-0.1, -0.05) is 24.3 Å². The molecule has 1 aromatic carbocycles. The van der Waals surface area contributed by atoms with Crippen LogP contribution >= 0.6 is 0 Å². The van der Waals surface area contributed by atoms with Crippen molar-refractivity contribution in [2.24, 2.45) is 0 Å². The summed E-state index contributed by atoms with van der Waals surface area (Å²) in [6.45, 7) is 8.12. The van der Waals surface area contributed by atoms with Gasteiger partial charge in [0.05, 0.1) is 11.9 Å². The van der Waals surface area contributed by atoms with Gasteiger partial charge in [0.1, 0.15) is 5.60 Å². The van der Waals surface area contributed by atoms with Gasteiger partial charge >= 0.3 is 6.09 Å². The Hall–Kier alpha value is -2.96. The second-order valence-electron chi connectivity index (χ2n) is 8.46. The number of benzene rings is 1. The lowest BCUT2D eigenvalue weighted by Gasteiger charge is -2.35. The van der Waals surface area contributed by atoms with E-state index >= 15 is 0 Å². The molecule has 0 spiro atoms. The van der Waals surface area contributed by atoms with Gasteiger partial charge in [-0.3, -0.25) is 0 Å². The Bertz CT molecular complexity index is 927. The number of nitrogens with zero attached hydrogens (tertiary/aromatic N) is 5. The summed E-state index contributed by atoms with van der Waals surface area (Å²) in [5.74, 6) is 0.617. The Morgan fingerprint density at radius 2 is 1.83 bits per heavy atom. The number of carbonyl (C=O) groups is 1. The molecule has 0 atom stereocenters. The standard InChI is InChI=1S/C22H27N5O2/c1-22(2,3)29-21(28)27-12-10-26(11-13-27)20-24-19(15-23-25-20)18-9-8-16-6-4-5-7-17(16)14-18/h4-7,14-15H,8-13H2,1-3H3. The third-order valence-corrected chi connectivity index (χ3v) is 5.14. The summed E-state index contributed by atoms with van der Waals surface area (Å²) in [6.07, 6.45) is 5.63. The Balaban J connectivity index is 1.44. The second-order valence-corrected chi connectivity index (χ2v) is 8.46. The zero-order valence-electron chi connectivity index (χ0n) is 17.3. The van der Waals surface area contributed by atoms with Crippen molar-refractivity contribution in [3.05, 3.63) is 47.3 Å². The number of carbonyl (C=O) groups excluding carboxylic acids is 1. The highest BCUT2D eigenvalue weighted by molar-refractivity contribution is 5.83. The lowest BCUT2D eigenvalue weighted by molar-refractivity contribution is 0.0240. The highest BCUT2D eigenvalue weighted by Crippen LogP contribution is 2.29. The van der Waals surface area contributed by atoms with Gasteiger partial charge in [-0.25, -0.2) is 9.78 Å². The normalized spacial score (nSPS) is 16.9. The first-order valence-electron chi connectivity index (χ1n) is 10.1. The molecular weight excluding hydrogens is 366 g/mol. The van der Waals surface area contributed by atoms with Crippen LogP contribution in [0.25, 0.3) is 11.6 Å². The van der Waals surface area contributed by atoms with Crippen LogP contribution in [0.3, 0.4) is 0 Å². The molecule has 1 saturated heterocycles. The Morgan fingerprint density at radius 1 is 1.07 bits per heavy atom. The third kappa shape index (κ3) is 4.55. The first kappa shape index (κ1) is 19.4. The van der Waals surface area contributed by atoms with Crippen LogP contribution in [0.15, 0.2) is 30.5 Å². The van der Waals surface area contributed by atoms with Crippen LogP contribution in [-0.2, 0) is 11.2 Å². The number of ether oxygens (including phenoxy) is 1. The average Bonchev–Trinajstić information content (AvgIpc) is 2.72. The number of fused-ring (bicyclic) bond motifs is 1. The smallest absolute Gasteiger partial charge is 0.410 e. The molecule has 2 heterocycles. The number of hydrogen-bond donors (Lipinski definition) is 0. The second kappa shape index (κ2) is 7.81. The monoisotopic (exact) mass is 393 g/mol. The summed E-state index contributed by atoms with van der Waals surface area (Å²) in [4.78, 5) is 20.8. The van der Waals surface area contributed by atoms with E-state index in [9.17, 15) is 4.79 Å². The topological polar surface area (TPSA) is 71.5 Å². The molecule has 4 rings (SSSR count). The third-order valence-electron chi connectivity index (χ3n) is 5.14. The number of rotatable bonds is 2. The maximum atomic E-state index is 12.3. The van der Waals surface area contributed by atoms with Crippen molar-refractivity contribution in [3.8, 4) is 0 Å². The molecule has 1 fully saturated rings. The van der Waals surface area contributed by atoms with Crippen molar-refractivity contribution in [2.45, 2.75) is 39.2 Å². The van der Waals surface area contributed by atoms with Gasteiger partial charge in [-0.15, -0.1) is 5.10 Å². The van der Waals surface area contributed by atoms with Crippen LogP contribution in [0.4, 0.5) is 10.7 Å². The van der Waals surface area contributed by atoms with E-state index in [0.717, 1.165) is 18.5 Å². The molecular formula is C22H27N5O2. The van der Waals surface area contributed by atoms with Crippen LogP contribution < -0.4 is 4.90 Å². The molecule has 0 radical (unpaired) electrons. The SMILES string of the molecule is CC(C)(C)OC(=O)N1CCN(c2nncc(C3=Cc4ccccc4CC3)n2)CC1. The van der Waals surface area contributed by atoms with Crippen molar-refractivity contribution >= 4 is 23.7 Å². The fraction of sp³-hybridized carbons (Fsp3) is 0.455. The lowest BCUT2D eigenvalue weighted by Crippen LogP contribution is -2.50. The summed E-state index contributed by atoms with van der Waals surface area (Å²) >= 11 is 0. The van der Waals surface area contributed by atoms with Gasteiger partial charge in [0.15, 0.2) is 0 Å². The Kier molecular flexibility index (Phi) is 5.22. The minimum atomic E-state index is -0.484. The fourth-order valence-corrected chi connectivity index (χ4v) is 3.63. The van der Waals surface area contributed by atoms with Gasteiger partial charge < -0.3 is 14.5 Å². The minimum absolute atomic E-state index is 0.268. The molecule has 29 heavy (non-hydrogen) atoms. The van der Waals surface area contributed by atoms with Gasteiger partial charge in [0, 0.05) is 26.2 Å². The number of aryl methyl sites for hydroxylation is 1. The summed E-state index contributed by atoms with van der Waals surface area (Å²) < 4.78 is 5.46. The van der Waals surface area contributed by atoms with Gasteiger partial charge in [0.25, 0.3) is 0 Å². The van der Waals surface area contributed by atoms with Crippen LogP contribution in [-0.4, -0.2) is 58.0 Å². The molecule has 7 nitrogen and oxygen atoms in total. The molecule has 0 unspecified atom stereocenters. The molecule has 2 aromatic rings. The van der Waals surface area contributed by atoms with E-state index in [-0.39, 0.29) is 6.09 Å². The van der Waals surface area contributed by atoms with E-state index < -0.39 is 5.60 Å². The van der Waals surface area contributed by atoms with E-state index in [0.29, 0.717) is 32.1 Å². The summed E-state index contributed by atoms with van der Waals surface area (Å²) in [6, 6.07) is 8.46. The number of allylic oxidation sites excluding steroid dienone is 1. The first-order chi connectivity index (χ1) is 13.9. The maximum absolute atomic E-state index is 12.3. The zero-order chi connectivity index (χ0) is 20.4.